The summed E-state index contributed by atoms with van der Waals surface area (Å²) in [5.41, 5.74) is 4.72. The molecule has 0 aromatic rings. The molecule has 0 atom stereocenters. The Morgan fingerprint density at radius 3 is 2.00 bits per heavy atom. The summed E-state index contributed by atoms with van der Waals surface area (Å²) in [7, 11) is 0. The fourth-order valence-corrected chi connectivity index (χ4v) is 1.22. The summed E-state index contributed by atoms with van der Waals surface area (Å²) in [5.74, 6) is -0.0454. The molecule has 0 saturated heterocycles. The quantitative estimate of drug-likeness (QED) is 0.658. The van der Waals surface area contributed by atoms with Crippen molar-refractivity contribution in [3.8, 4) is 0 Å². The van der Waals surface area contributed by atoms with Gasteiger partial charge in [0.25, 0.3) is 0 Å². The summed E-state index contributed by atoms with van der Waals surface area (Å²) in [5, 5.41) is 11.8. The molecule has 0 heterocycles. The monoisotopic (exact) mass is 244 g/mol. The lowest BCUT2D eigenvalue weighted by atomic mass is 9.74. The van der Waals surface area contributed by atoms with E-state index in [2.05, 4.69) is 5.32 Å². The highest BCUT2D eigenvalue weighted by Crippen LogP contribution is 2.29. The molecule has 0 rings (SSSR count). The molecule has 0 bridgehead atoms. The van der Waals surface area contributed by atoms with Crippen LogP contribution in [0, 0.1) is 10.8 Å². The van der Waals surface area contributed by atoms with Crippen molar-refractivity contribution < 1.29 is 9.90 Å². The summed E-state index contributed by atoms with van der Waals surface area (Å²) in [4.78, 5) is 12.1. The molecule has 0 aromatic carbocycles. The van der Waals surface area contributed by atoms with E-state index in [1.807, 2.05) is 41.5 Å². The Kier molecular flexibility index (Phi) is 5.16. The van der Waals surface area contributed by atoms with Gasteiger partial charge >= 0.3 is 0 Å². The van der Waals surface area contributed by atoms with E-state index in [-0.39, 0.29) is 17.9 Å². The zero-order valence-corrected chi connectivity index (χ0v) is 12.1. The standard InChI is InChI=1S/C13H28N2O2/c1-11(2,7-8-16)9-15-10(17)12(3,4)13(5,6)14/h16H,7-9,14H2,1-6H3,(H,15,17). The number of rotatable bonds is 6. The van der Waals surface area contributed by atoms with E-state index in [1.54, 1.807) is 0 Å². The van der Waals surface area contributed by atoms with Crippen molar-refractivity contribution in [1.29, 1.82) is 0 Å². The van der Waals surface area contributed by atoms with E-state index in [0.29, 0.717) is 13.0 Å². The number of aliphatic hydroxyl groups excluding tert-OH is 1. The van der Waals surface area contributed by atoms with Gasteiger partial charge in [-0.1, -0.05) is 13.8 Å². The van der Waals surface area contributed by atoms with Gasteiger partial charge in [-0.3, -0.25) is 4.79 Å². The van der Waals surface area contributed by atoms with Gasteiger partial charge in [0.15, 0.2) is 0 Å². The van der Waals surface area contributed by atoms with Crippen LogP contribution in [0.2, 0.25) is 0 Å². The SMILES string of the molecule is CC(C)(CCO)CNC(=O)C(C)(C)C(C)(C)N. The maximum atomic E-state index is 12.1. The van der Waals surface area contributed by atoms with Crippen molar-refractivity contribution in [2.24, 2.45) is 16.6 Å². The minimum absolute atomic E-state index is 0.0454. The maximum absolute atomic E-state index is 12.1. The van der Waals surface area contributed by atoms with Gasteiger partial charge in [0.05, 0.1) is 5.41 Å². The highest BCUT2D eigenvalue weighted by Gasteiger charge is 2.40. The molecule has 0 aliphatic carbocycles. The van der Waals surface area contributed by atoms with Crippen LogP contribution in [0.4, 0.5) is 0 Å². The molecule has 0 spiro atoms. The molecule has 0 fully saturated rings. The topological polar surface area (TPSA) is 75.3 Å². The van der Waals surface area contributed by atoms with Crippen LogP contribution >= 0.6 is 0 Å². The summed E-state index contributed by atoms with van der Waals surface area (Å²) >= 11 is 0. The smallest absolute Gasteiger partial charge is 0.227 e. The third-order valence-electron chi connectivity index (χ3n) is 3.69. The van der Waals surface area contributed by atoms with Crippen molar-refractivity contribution in [2.45, 2.75) is 53.5 Å². The maximum Gasteiger partial charge on any atom is 0.227 e. The van der Waals surface area contributed by atoms with Gasteiger partial charge in [-0.25, -0.2) is 0 Å². The Morgan fingerprint density at radius 1 is 1.18 bits per heavy atom. The number of nitrogens with one attached hydrogen (secondary N) is 1. The Morgan fingerprint density at radius 2 is 1.65 bits per heavy atom. The zero-order valence-electron chi connectivity index (χ0n) is 12.1. The van der Waals surface area contributed by atoms with Crippen molar-refractivity contribution in [3.63, 3.8) is 0 Å². The van der Waals surface area contributed by atoms with Crippen LogP contribution in [0.5, 0.6) is 0 Å². The largest absolute Gasteiger partial charge is 0.396 e. The summed E-state index contributed by atoms with van der Waals surface area (Å²) in [6, 6.07) is 0. The second-order valence-electron chi connectivity index (χ2n) is 6.67. The Bertz CT molecular complexity index is 265. The lowest BCUT2D eigenvalue weighted by molar-refractivity contribution is -0.132. The Labute approximate surface area is 105 Å². The molecular formula is C13H28N2O2. The van der Waals surface area contributed by atoms with Gasteiger partial charge in [-0.15, -0.1) is 0 Å². The molecule has 17 heavy (non-hydrogen) atoms. The van der Waals surface area contributed by atoms with Crippen LogP contribution in [0.1, 0.15) is 48.0 Å². The Balaban J connectivity index is 4.48. The summed E-state index contributed by atoms with van der Waals surface area (Å²) in [6.45, 7) is 12.1. The van der Waals surface area contributed by atoms with Crippen LogP contribution in [-0.4, -0.2) is 29.7 Å². The summed E-state index contributed by atoms with van der Waals surface area (Å²) < 4.78 is 0. The molecule has 4 heteroatoms. The minimum Gasteiger partial charge on any atom is -0.396 e. The number of hydrogen-bond donors (Lipinski definition) is 3. The molecule has 0 aromatic heterocycles. The Hall–Kier alpha value is -0.610. The third kappa shape index (κ3) is 4.64. The van der Waals surface area contributed by atoms with Gasteiger partial charge in [0.1, 0.15) is 0 Å². The normalized spacial score (nSPS) is 13.6. The lowest BCUT2D eigenvalue weighted by Crippen LogP contribution is -2.56. The van der Waals surface area contributed by atoms with Crippen molar-refractivity contribution in [3.05, 3.63) is 0 Å². The van der Waals surface area contributed by atoms with E-state index < -0.39 is 11.0 Å². The fraction of sp³-hybridized carbons (Fsp3) is 0.923. The first-order valence-electron chi connectivity index (χ1n) is 6.12. The predicted molar refractivity (Wildman–Crippen MR) is 70.5 cm³/mol. The van der Waals surface area contributed by atoms with Gasteiger partial charge < -0.3 is 16.2 Å². The molecule has 102 valence electrons. The first kappa shape index (κ1) is 16.4. The summed E-state index contributed by atoms with van der Waals surface area (Å²) in [6.07, 6.45) is 0.666. The average Bonchev–Trinajstić information content (AvgIpc) is 2.12. The van der Waals surface area contributed by atoms with Crippen molar-refractivity contribution in [1.82, 2.24) is 5.32 Å². The number of aliphatic hydroxyl groups is 1. The van der Waals surface area contributed by atoms with E-state index in [0.717, 1.165) is 0 Å². The number of carbonyl (C=O) groups is 1. The van der Waals surface area contributed by atoms with E-state index in [4.69, 9.17) is 10.8 Å². The number of amides is 1. The first-order chi connectivity index (χ1) is 7.44. The molecule has 0 aliphatic heterocycles. The van der Waals surface area contributed by atoms with E-state index in [1.165, 1.54) is 0 Å². The van der Waals surface area contributed by atoms with E-state index >= 15 is 0 Å². The first-order valence-corrected chi connectivity index (χ1v) is 6.12. The van der Waals surface area contributed by atoms with Crippen molar-refractivity contribution in [2.75, 3.05) is 13.2 Å². The van der Waals surface area contributed by atoms with E-state index in [9.17, 15) is 4.79 Å². The average molecular weight is 244 g/mol. The van der Waals surface area contributed by atoms with Gasteiger partial charge in [0, 0.05) is 18.7 Å². The van der Waals surface area contributed by atoms with Gasteiger partial charge in [0.2, 0.25) is 5.91 Å². The zero-order chi connectivity index (χ0) is 13.9. The highest BCUT2D eigenvalue weighted by atomic mass is 16.3. The molecular weight excluding hydrogens is 216 g/mol. The second-order valence-corrected chi connectivity index (χ2v) is 6.67. The van der Waals surface area contributed by atoms with Crippen LogP contribution in [0.25, 0.3) is 0 Å². The van der Waals surface area contributed by atoms with Gasteiger partial charge in [-0.05, 0) is 39.5 Å². The third-order valence-corrected chi connectivity index (χ3v) is 3.69. The second kappa shape index (κ2) is 5.36. The van der Waals surface area contributed by atoms with Crippen molar-refractivity contribution >= 4 is 5.91 Å². The number of nitrogens with two attached hydrogens (primary N) is 1. The van der Waals surface area contributed by atoms with Crippen LogP contribution in [0.3, 0.4) is 0 Å². The highest BCUT2D eigenvalue weighted by molar-refractivity contribution is 5.83. The molecule has 4 N–H and O–H groups in total. The van der Waals surface area contributed by atoms with Gasteiger partial charge in [-0.2, -0.15) is 0 Å². The predicted octanol–water partition coefficient (Wildman–Crippen LogP) is 1.27. The molecule has 1 amide bonds. The lowest BCUT2D eigenvalue weighted by Gasteiger charge is -2.38. The van der Waals surface area contributed by atoms with Crippen LogP contribution < -0.4 is 11.1 Å². The van der Waals surface area contributed by atoms with Crippen LogP contribution in [0.15, 0.2) is 0 Å². The molecule has 0 radical (unpaired) electrons. The molecule has 0 aliphatic rings. The molecule has 0 unspecified atom stereocenters. The molecule has 0 saturated carbocycles. The number of carbonyl (C=O) groups excluding carboxylic acids is 1. The molecule has 4 nitrogen and oxygen atoms in total. The van der Waals surface area contributed by atoms with Crippen LogP contribution in [-0.2, 0) is 4.79 Å². The fourth-order valence-electron chi connectivity index (χ4n) is 1.22. The number of hydrogen-bond acceptors (Lipinski definition) is 3. The minimum atomic E-state index is -0.623.